The lowest BCUT2D eigenvalue weighted by atomic mass is 10.1. The van der Waals surface area contributed by atoms with Crippen molar-refractivity contribution in [3.8, 4) is 0 Å². The first-order chi connectivity index (χ1) is 22.7. The number of benzene rings is 4. The molecule has 4 aromatic carbocycles. The quantitative estimate of drug-likeness (QED) is 0.131. The van der Waals surface area contributed by atoms with Crippen LogP contribution in [0.3, 0.4) is 0 Å². The number of aryl methyl sites for hydroxylation is 1. The van der Waals surface area contributed by atoms with Gasteiger partial charge in [-0.15, -0.1) is 0 Å². The number of carbonyl (C=O) groups excluding carboxylic acids is 4. The molecule has 12 heteroatoms. The van der Waals surface area contributed by atoms with Gasteiger partial charge in [0.25, 0.3) is 5.91 Å². The van der Waals surface area contributed by atoms with E-state index in [2.05, 4.69) is 21.3 Å². The largest absolute Gasteiger partial charge is 0.459 e. The fourth-order valence-electron chi connectivity index (χ4n) is 5.26. The molecule has 0 fully saturated rings. The van der Waals surface area contributed by atoms with Crippen molar-refractivity contribution in [1.29, 1.82) is 0 Å². The third-order valence-corrected chi connectivity index (χ3v) is 8.36. The van der Waals surface area contributed by atoms with E-state index in [9.17, 15) is 19.2 Å². The lowest BCUT2D eigenvalue weighted by Gasteiger charge is -2.21. The minimum absolute atomic E-state index is 0.0395. The predicted octanol–water partition coefficient (Wildman–Crippen LogP) is 6.66. The van der Waals surface area contributed by atoms with Crippen molar-refractivity contribution in [2.45, 2.75) is 38.0 Å². The van der Waals surface area contributed by atoms with Gasteiger partial charge in [0.2, 0.25) is 5.91 Å². The summed E-state index contributed by atoms with van der Waals surface area (Å²) in [5.74, 6) is -1.89. The van der Waals surface area contributed by atoms with Gasteiger partial charge in [-0.2, -0.15) is 0 Å². The molecule has 0 aliphatic heterocycles. The van der Waals surface area contributed by atoms with Crippen LogP contribution in [0.2, 0.25) is 15.1 Å². The normalized spacial score (nSPS) is 14.0. The number of urea groups is 1. The van der Waals surface area contributed by atoms with E-state index in [1.165, 1.54) is 17.7 Å². The highest BCUT2D eigenvalue weighted by Gasteiger charge is 2.28. The molecule has 4 N–H and O–H groups in total. The Labute approximate surface area is 286 Å². The fourth-order valence-corrected chi connectivity index (χ4v) is 6.14. The minimum atomic E-state index is -1.28. The molecule has 0 saturated carbocycles. The molecule has 0 spiro atoms. The molecule has 2 atom stereocenters. The Hall–Kier alpha value is -4.57. The summed E-state index contributed by atoms with van der Waals surface area (Å²) >= 11 is 18.9. The molecule has 5 rings (SSSR count). The topological polar surface area (TPSA) is 126 Å². The number of hydrogen-bond acceptors (Lipinski definition) is 5. The van der Waals surface area contributed by atoms with Gasteiger partial charge in [0.05, 0.1) is 34.6 Å². The first-order valence-electron chi connectivity index (χ1n) is 14.8. The molecule has 0 aromatic heterocycles. The maximum absolute atomic E-state index is 13.4. The number of rotatable bonds is 11. The monoisotopic (exact) mass is 692 g/mol. The summed E-state index contributed by atoms with van der Waals surface area (Å²) in [6, 6.07) is 24.6. The van der Waals surface area contributed by atoms with Crippen LogP contribution in [0.25, 0.3) is 0 Å². The van der Waals surface area contributed by atoms with Crippen LogP contribution in [0.5, 0.6) is 0 Å². The van der Waals surface area contributed by atoms with Crippen LogP contribution in [0.4, 0.5) is 10.5 Å². The zero-order chi connectivity index (χ0) is 33.3. The Balaban J connectivity index is 1.25. The Bertz CT molecular complexity index is 1760. The lowest BCUT2D eigenvalue weighted by Crippen LogP contribution is -2.51. The highest BCUT2D eigenvalue weighted by Crippen LogP contribution is 2.31. The first-order valence-corrected chi connectivity index (χ1v) is 16.0. The average Bonchev–Trinajstić information content (AvgIpc) is 3.44. The van der Waals surface area contributed by atoms with Crippen molar-refractivity contribution in [2.75, 3.05) is 11.9 Å². The molecule has 4 amide bonds. The molecule has 1 unspecified atom stereocenters. The Morgan fingerprint density at radius 1 is 0.830 bits per heavy atom. The number of hydrogen-bond donors (Lipinski definition) is 4. The molecule has 0 radical (unpaired) electrons. The standard InChI is InChI=1S/C35H31Cl3N4O5/c36-24-11-6-9-22(15-24)16-31(43)40-25-17-27(37)32(28(38)18-25)33(44)41-30(34(45)47-20-21-7-2-1-3-8-21)19-39-35(46)42-29-14-13-23-10-4-5-12-26(23)29/h1-12,15,17-18,29-30H,13-14,16,19-20H2,(H,40,43)(H,41,44)(H2,39,42,46)/t29-,30?/m1/s1. The Kier molecular flexibility index (Phi) is 11.4. The number of ether oxygens (including phenoxy) is 1. The predicted molar refractivity (Wildman–Crippen MR) is 182 cm³/mol. The first kappa shape index (κ1) is 33.8. The summed E-state index contributed by atoms with van der Waals surface area (Å²) < 4.78 is 5.47. The highest BCUT2D eigenvalue weighted by atomic mass is 35.5. The zero-order valence-corrected chi connectivity index (χ0v) is 27.3. The van der Waals surface area contributed by atoms with Gasteiger partial charge in [-0.05, 0) is 59.4 Å². The number of esters is 1. The number of nitrogens with one attached hydrogen (secondary N) is 4. The molecule has 0 heterocycles. The van der Waals surface area contributed by atoms with E-state index >= 15 is 0 Å². The molecule has 47 heavy (non-hydrogen) atoms. The molecule has 1 aliphatic rings. The minimum Gasteiger partial charge on any atom is -0.459 e. The van der Waals surface area contributed by atoms with Gasteiger partial charge in [-0.1, -0.05) is 102 Å². The maximum atomic E-state index is 13.4. The smallest absolute Gasteiger partial charge is 0.330 e. The van der Waals surface area contributed by atoms with E-state index in [1.54, 1.807) is 36.4 Å². The van der Waals surface area contributed by atoms with Gasteiger partial charge >= 0.3 is 12.0 Å². The third kappa shape index (κ3) is 9.25. The van der Waals surface area contributed by atoms with Crippen LogP contribution in [-0.2, 0) is 33.8 Å². The SMILES string of the molecule is O=C(Cc1cccc(Cl)c1)Nc1cc(Cl)c(C(=O)NC(CNC(=O)N[C@@H]2CCc3ccccc32)C(=O)OCc2ccccc2)c(Cl)c1. The van der Waals surface area contributed by atoms with Crippen LogP contribution in [-0.4, -0.2) is 36.4 Å². The Morgan fingerprint density at radius 3 is 2.28 bits per heavy atom. The highest BCUT2D eigenvalue weighted by molar-refractivity contribution is 6.40. The number of carbonyl (C=O) groups is 4. The Morgan fingerprint density at radius 2 is 1.53 bits per heavy atom. The molecular formula is C35H31Cl3N4O5. The molecule has 242 valence electrons. The molecule has 9 nitrogen and oxygen atoms in total. The van der Waals surface area contributed by atoms with Crippen molar-refractivity contribution in [3.63, 3.8) is 0 Å². The molecule has 0 bridgehead atoms. The molecule has 1 aliphatic carbocycles. The van der Waals surface area contributed by atoms with Crippen molar-refractivity contribution in [1.82, 2.24) is 16.0 Å². The lowest BCUT2D eigenvalue weighted by molar-refractivity contribution is -0.147. The second-order valence-corrected chi connectivity index (χ2v) is 12.2. The van der Waals surface area contributed by atoms with Gasteiger partial charge in [0.15, 0.2) is 0 Å². The molecular weight excluding hydrogens is 663 g/mol. The molecule has 0 saturated heterocycles. The van der Waals surface area contributed by atoms with Gasteiger partial charge in [0, 0.05) is 10.7 Å². The van der Waals surface area contributed by atoms with E-state index in [1.807, 2.05) is 42.5 Å². The second kappa shape index (κ2) is 15.8. The van der Waals surface area contributed by atoms with Crippen molar-refractivity contribution in [2.24, 2.45) is 0 Å². The van der Waals surface area contributed by atoms with Crippen molar-refractivity contribution < 1.29 is 23.9 Å². The maximum Gasteiger partial charge on any atom is 0.330 e. The van der Waals surface area contributed by atoms with Gasteiger partial charge < -0.3 is 26.0 Å². The fraction of sp³-hybridized carbons (Fsp3) is 0.200. The van der Waals surface area contributed by atoms with Gasteiger partial charge in [-0.25, -0.2) is 9.59 Å². The third-order valence-electron chi connectivity index (χ3n) is 7.53. The van der Waals surface area contributed by atoms with Crippen molar-refractivity contribution in [3.05, 3.63) is 134 Å². The van der Waals surface area contributed by atoms with E-state index in [-0.39, 0.29) is 52.8 Å². The summed E-state index contributed by atoms with van der Waals surface area (Å²) in [7, 11) is 0. The van der Waals surface area contributed by atoms with Crippen LogP contribution < -0.4 is 21.3 Å². The van der Waals surface area contributed by atoms with Crippen LogP contribution in [0.1, 0.15) is 45.1 Å². The number of amides is 4. The van der Waals surface area contributed by atoms with E-state index in [0.29, 0.717) is 10.6 Å². The summed E-state index contributed by atoms with van der Waals surface area (Å²) in [4.78, 5) is 52.1. The number of anilines is 1. The van der Waals surface area contributed by atoms with E-state index in [4.69, 9.17) is 39.5 Å². The van der Waals surface area contributed by atoms with E-state index in [0.717, 1.165) is 24.0 Å². The second-order valence-electron chi connectivity index (χ2n) is 10.9. The van der Waals surface area contributed by atoms with Gasteiger partial charge in [0.1, 0.15) is 12.6 Å². The summed E-state index contributed by atoms with van der Waals surface area (Å²) in [6.07, 6.45) is 1.65. The average molecular weight is 694 g/mol. The number of fused-ring (bicyclic) bond motifs is 1. The van der Waals surface area contributed by atoms with Crippen molar-refractivity contribution >= 4 is 64.3 Å². The zero-order valence-electron chi connectivity index (χ0n) is 25.0. The number of halogens is 3. The summed E-state index contributed by atoms with van der Waals surface area (Å²) in [6.45, 7) is -0.311. The summed E-state index contributed by atoms with van der Waals surface area (Å²) in [5.41, 5.74) is 3.83. The van der Waals surface area contributed by atoms with Crippen LogP contribution in [0.15, 0.2) is 91.0 Å². The van der Waals surface area contributed by atoms with E-state index < -0.39 is 23.9 Å². The van der Waals surface area contributed by atoms with Crippen LogP contribution in [0, 0.1) is 0 Å². The van der Waals surface area contributed by atoms with Crippen LogP contribution >= 0.6 is 34.8 Å². The molecule has 4 aromatic rings. The van der Waals surface area contributed by atoms with Gasteiger partial charge in [-0.3, -0.25) is 9.59 Å². The summed E-state index contributed by atoms with van der Waals surface area (Å²) in [5, 5.41) is 11.3.